The van der Waals surface area contributed by atoms with Crippen molar-refractivity contribution < 1.29 is 9.53 Å². The maximum absolute atomic E-state index is 12.7. The summed E-state index contributed by atoms with van der Waals surface area (Å²) in [5.74, 6) is 0.630. The number of carbonyl (C=O) groups excluding carboxylic acids is 1. The standard InChI is InChI=1S/C21H26N2O2/c1-2-15-25-18-10-8-9-17(16-18)21(24)22-19-11-4-5-12-20(19)23-13-6-3-7-14-23/h4-5,8-12,16H,2-3,6-7,13-15H2,1H3,(H,22,24). The molecular formula is C21H26N2O2. The van der Waals surface area contributed by atoms with Crippen LogP contribution < -0.4 is 15.0 Å². The predicted molar refractivity (Wildman–Crippen MR) is 103 cm³/mol. The second-order valence-electron chi connectivity index (χ2n) is 6.40. The lowest BCUT2D eigenvalue weighted by molar-refractivity contribution is 0.102. The maximum atomic E-state index is 12.7. The minimum atomic E-state index is -0.105. The Kier molecular flexibility index (Phi) is 5.94. The van der Waals surface area contributed by atoms with Gasteiger partial charge in [0.2, 0.25) is 0 Å². The molecule has 4 nitrogen and oxygen atoms in total. The molecule has 1 aliphatic heterocycles. The van der Waals surface area contributed by atoms with E-state index in [1.807, 2.05) is 36.4 Å². The second-order valence-corrected chi connectivity index (χ2v) is 6.40. The summed E-state index contributed by atoms with van der Waals surface area (Å²) in [5, 5.41) is 3.07. The highest BCUT2D eigenvalue weighted by Crippen LogP contribution is 2.28. The van der Waals surface area contributed by atoms with E-state index < -0.39 is 0 Å². The van der Waals surface area contributed by atoms with Crippen molar-refractivity contribution in [1.82, 2.24) is 0 Å². The first kappa shape index (κ1) is 17.3. The number of amides is 1. The number of ether oxygens (including phenoxy) is 1. The van der Waals surface area contributed by atoms with Crippen molar-refractivity contribution in [1.29, 1.82) is 0 Å². The molecule has 0 saturated carbocycles. The number of benzene rings is 2. The lowest BCUT2D eigenvalue weighted by Crippen LogP contribution is -2.30. The highest BCUT2D eigenvalue weighted by Gasteiger charge is 2.16. The Morgan fingerprint density at radius 2 is 1.88 bits per heavy atom. The molecule has 2 aromatic carbocycles. The van der Waals surface area contributed by atoms with Gasteiger partial charge in [-0.2, -0.15) is 0 Å². The fraction of sp³-hybridized carbons (Fsp3) is 0.381. The molecule has 0 aromatic heterocycles. The van der Waals surface area contributed by atoms with Crippen molar-refractivity contribution in [2.75, 3.05) is 29.9 Å². The van der Waals surface area contributed by atoms with E-state index >= 15 is 0 Å². The SMILES string of the molecule is CCCOc1cccc(C(=O)Nc2ccccc2N2CCCCC2)c1. The summed E-state index contributed by atoms with van der Waals surface area (Å²) in [6.07, 6.45) is 4.65. The van der Waals surface area contributed by atoms with Crippen LogP contribution in [0.15, 0.2) is 48.5 Å². The molecule has 25 heavy (non-hydrogen) atoms. The normalized spacial score (nSPS) is 14.2. The van der Waals surface area contributed by atoms with E-state index in [2.05, 4.69) is 23.2 Å². The fourth-order valence-electron chi connectivity index (χ4n) is 3.13. The smallest absolute Gasteiger partial charge is 0.255 e. The first-order valence-electron chi connectivity index (χ1n) is 9.16. The number of hydrogen-bond acceptors (Lipinski definition) is 3. The summed E-state index contributed by atoms with van der Waals surface area (Å²) in [6, 6.07) is 15.4. The summed E-state index contributed by atoms with van der Waals surface area (Å²) in [4.78, 5) is 15.1. The largest absolute Gasteiger partial charge is 0.494 e. The molecule has 3 rings (SSSR count). The summed E-state index contributed by atoms with van der Waals surface area (Å²) in [7, 11) is 0. The van der Waals surface area contributed by atoms with Crippen molar-refractivity contribution >= 4 is 17.3 Å². The van der Waals surface area contributed by atoms with Crippen LogP contribution in [0.3, 0.4) is 0 Å². The molecule has 1 aliphatic rings. The topological polar surface area (TPSA) is 41.6 Å². The molecule has 0 radical (unpaired) electrons. The number of carbonyl (C=O) groups is 1. The van der Waals surface area contributed by atoms with E-state index in [0.717, 1.165) is 36.6 Å². The number of para-hydroxylation sites is 2. The number of piperidine rings is 1. The molecule has 0 unspecified atom stereocenters. The third kappa shape index (κ3) is 4.53. The average Bonchev–Trinajstić information content (AvgIpc) is 2.67. The van der Waals surface area contributed by atoms with Gasteiger partial charge >= 0.3 is 0 Å². The van der Waals surface area contributed by atoms with Crippen molar-refractivity contribution in [3.8, 4) is 5.75 Å². The molecule has 4 heteroatoms. The van der Waals surface area contributed by atoms with Crippen LogP contribution >= 0.6 is 0 Å². The van der Waals surface area contributed by atoms with Gasteiger partial charge in [-0.15, -0.1) is 0 Å². The quantitative estimate of drug-likeness (QED) is 0.829. The van der Waals surface area contributed by atoms with Crippen molar-refractivity contribution in [3.05, 3.63) is 54.1 Å². The molecule has 1 amide bonds. The summed E-state index contributed by atoms with van der Waals surface area (Å²) in [6.45, 7) is 4.82. The Bertz CT molecular complexity index is 709. The maximum Gasteiger partial charge on any atom is 0.255 e. The molecule has 2 aromatic rings. The van der Waals surface area contributed by atoms with E-state index in [0.29, 0.717) is 12.2 Å². The third-order valence-electron chi connectivity index (χ3n) is 4.42. The Morgan fingerprint density at radius 3 is 2.68 bits per heavy atom. The molecule has 1 heterocycles. The lowest BCUT2D eigenvalue weighted by atomic mass is 10.1. The van der Waals surface area contributed by atoms with Gasteiger partial charge in [-0.3, -0.25) is 4.79 Å². The van der Waals surface area contributed by atoms with E-state index in [1.165, 1.54) is 19.3 Å². The Labute approximate surface area is 149 Å². The van der Waals surface area contributed by atoms with E-state index in [4.69, 9.17) is 4.74 Å². The van der Waals surface area contributed by atoms with E-state index in [9.17, 15) is 4.79 Å². The molecule has 0 aliphatic carbocycles. The van der Waals surface area contributed by atoms with Crippen LogP contribution in [0.2, 0.25) is 0 Å². The van der Waals surface area contributed by atoms with Gasteiger partial charge in [0.1, 0.15) is 5.75 Å². The summed E-state index contributed by atoms with van der Waals surface area (Å²) >= 11 is 0. The first-order valence-corrected chi connectivity index (χ1v) is 9.16. The van der Waals surface area contributed by atoms with Crippen LogP contribution in [0.4, 0.5) is 11.4 Å². The zero-order valence-electron chi connectivity index (χ0n) is 14.8. The van der Waals surface area contributed by atoms with E-state index in [-0.39, 0.29) is 5.91 Å². The van der Waals surface area contributed by atoms with Crippen molar-refractivity contribution in [3.63, 3.8) is 0 Å². The zero-order valence-corrected chi connectivity index (χ0v) is 14.8. The summed E-state index contributed by atoms with van der Waals surface area (Å²) in [5.41, 5.74) is 2.59. The highest BCUT2D eigenvalue weighted by atomic mass is 16.5. The molecule has 0 atom stereocenters. The number of anilines is 2. The average molecular weight is 338 g/mol. The van der Waals surface area contributed by atoms with Gasteiger partial charge in [-0.05, 0) is 56.0 Å². The second kappa shape index (κ2) is 8.56. The Hall–Kier alpha value is -2.49. The Balaban J connectivity index is 1.75. The van der Waals surface area contributed by atoms with Crippen LogP contribution in [-0.2, 0) is 0 Å². The van der Waals surface area contributed by atoms with Crippen LogP contribution in [-0.4, -0.2) is 25.6 Å². The number of nitrogens with one attached hydrogen (secondary N) is 1. The van der Waals surface area contributed by atoms with Gasteiger partial charge in [0, 0.05) is 18.7 Å². The fourth-order valence-corrected chi connectivity index (χ4v) is 3.13. The molecule has 0 spiro atoms. The van der Waals surface area contributed by atoms with Gasteiger partial charge < -0.3 is 15.0 Å². The predicted octanol–water partition coefficient (Wildman–Crippen LogP) is 4.72. The van der Waals surface area contributed by atoms with Crippen LogP contribution in [0.5, 0.6) is 5.75 Å². The Morgan fingerprint density at radius 1 is 1.08 bits per heavy atom. The van der Waals surface area contributed by atoms with Crippen LogP contribution in [0, 0.1) is 0 Å². The molecule has 132 valence electrons. The van der Waals surface area contributed by atoms with Gasteiger partial charge in [-0.25, -0.2) is 0 Å². The zero-order chi connectivity index (χ0) is 17.5. The molecular weight excluding hydrogens is 312 g/mol. The van der Waals surface area contributed by atoms with Gasteiger partial charge in [0.25, 0.3) is 5.91 Å². The monoisotopic (exact) mass is 338 g/mol. The number of rotatable bonds is 6. The molecule has 1 saturated heterocycles. The molecule has 1 fully saturated rings. The third-order valence-corrected chi connectivity index (χ3v) is 4.42. The van der Waals surface area contributed by atoms with Gasteiger partial charge in [-0.1, -0.05) is 25.1 Å². The number of hydrogen-bond donors (Lipinski definition) is 1. The summed E-state index contributed by atoms with van der Waals surface area (Å²) < 4.78 is 5.63. The molecule has 1 N–H and O–H groups in total. The lowest BCUT2D eigenvalue weighted by Gasteiger charge is -2.30. The highest BCUT2D eigenvalue weighted by molar-refractivity contribution is 6.06. The first-order chi connectivity index (χ1) is 12.3. The van der Waals surface area contributed by atoms with E-state index in [1.54, 1.807) is 6.07 Å². The van der Waals surface area contributed by atoms with Crippen LogP contribution in [0.25, 0.3) is 0 Å². The van der Waals surface area contributed by atoms with Crippen molar-refractivity contribution in [2.45, 2.75) is 32.6 Å². The van der Waals surface area contributed by atoms with Crippen LogP contribution in [0.1, 0.15) is 43.0 Å². The van der Waals surface area contributed by atoms with Crippen molar-refractivity contribution in [2.24, 2.45) is 0 Å². The minimum Gasteiger partial charge on any atom is -0.494 e. The van der Waals surface area contributed by atoms with Gasteiger partial charge in [0.05, 0.1) is 18.0 Å². The molecule has 0 bridgehead atoms. The van der Waals surface area contributed by atoms with Gasteiger partial charge in [0.15, 0.2) is 0 Å². The number of nitrogens with zero attached hydrogens (tertiary/aromatic N) is 1. The minimum absolute atomic E-state index is 0.105.